The molecule has 0 spiro atoms. The van der Waals surface area contributed by atoms with E-state index in [9.17, 15) is 4.39 Å². The zero-order chi connectivity index (χ0) is 18.9. The van der Waals surface area contributed by atoms with Crippen LogP contribution >= 0.6 is 24.0 Å². The normalized spacial score (nSPS) is 14.0. The molecule has 0 bridgehead atoms. The van der Waals surface area contributed by atoms with Gasteiger partial charge in [-0.15, -0.1) is 34.2 Å². The van der Waals surface area contributed by atoms with Crippen molar-refractivity contribution >= 4 is 29.9 Å². The van der Waals surface area contributed by atoms with Gasteiger partial charge in [0.05, 0.1) is 0 Å². The first kappa shape index (κ1) is 22.6. The SMILES string of the molecule is CN=C(NCCCc1nnc2n1CCCCC2)NCCc1ccc(F)cc1.I. The second kappa shape index (κ2) is 12.0. The molecular formula is C20H30FIN6. The Balaban J connectivity index is 0.00000280. The summed E-state index contributed by atoms with van der Waals surface area (Å²) in [5, 5.41) is 15.4. The molecule has 1 aromatic carbocycles. The van der Waals surface area contributed by atoms with Gasteiger partial charge < -0.3 is 15.2 Å². The quantitative estimate of drug-likeness (QED) is 0.266. The van der Waals surface area contributed by atoms with Crippen LogP contribution in [-0.2, 0) is 25.8 Å². The molecule has 0 amide bonds. The van der Waals surface area contributed by atoms with Crippen LogP contribution in [0.25, 0.3) is 0 Å². The maximum Gasteiger partial charge on any atom is 0.190 e. The van der Waals surface area contributed by atoms with E-state index in [1.165, 1.54) is 31.4 Å². The molecule has 8 heteroatoms. The van der Waals surface area contributed by atoms with Crippen LogP contribution in [0, 0.1) is 5.82 Å². The topological polar surface area (TPSA) is 67.1 Å². The first-order valence-electron chi connectivity index (χ1n) is 9.86. The van der Waals surface area contributed by atoms with Gasteiger partial charge in [0.2, 0.25) is 0 Å². The molecule has 28 heavy (non-hydrogen) atoms. The number of hydrogen-bond donors (Lipinski definition) is 2. The number of hydrogen-bond acceptors (Lipinski definition) is 3. The lowest BCUT2D eigenvalue weighted by Gasteiger charge is -2.12. The minimum atomic E-state index is -0.200. The average molecular weight is 500 g/mol. The Labute approximate surface area is 183 Å². The van der Waals surface area contributed by atoms with E-state index in [1.807, 2.05) is 12.1 Å². The minimum Gasteiger partial charge on any atom is -0.356 e. The van der Waals surface area contributed by atoms with Crippen molar-refractivity contribution in [3.05, 3.63) is 47.3 Å². The molecule has 3 rings (SSSR count). The van der Waals surface area contributed by atoms with Gasteiger partial charge in [-0.2, -0.15) is 0 Å². The third-order valence-electron chi connectivity index (χ3n) is 4.90. The van der Waals surface area contributed by atoms with Gasteiger partial charge in [-0.3, -0.25) is 4.99 Å². The highest BCUT2D eigenvalue weighted by atomic mass is 127. The monoisotopic (exact) mass is 500 g/mol. The summed E-state index contributed by atoms with van der Waals surface area (Å²) in [5.74, 6) is 2.84. The van der Waals surface area contributed by atoms with Gasteiger partial charge in [0.25, 0.3) is 0 Å². The molecule has 0 fully saturated rings. The largest absolute Gasteiger partial charge is 0.356 e. The number of halogens is 2. The molecule has 0 atom stereocenters. The number of aliphatic imine (C=N–C) groups is 1. The Hall–Kier alpha value is -1.71. The van der Waals surface area contributed by atoms with Crippen molar-refractivity contribution in [3.63, 3.8) is 0 Å². The van der Waals surface area contributed by atoms with Crippen LogP contribution in [0.5, 0.6) is 0 Å². The molecule has 2 N–H and O–H groups in total. The van der Waals surface area contributed by atoms with Crippen molar-refractivity contribution in [2.45, 2.75) is 51.5 Å². The maximum atomic E-state index is 12.9. The Morgan fingerprint density at radius 1 is 1.07 bits per heavy atom. The van der Waals surface area contributed by atoms with Crippen LogP contribution < -0.4 is 10.6 Å². The van der Waals surface area contributed by atoms with E-state index in [0.717, 1.165) is 68.5 Å². The number of guanidine groups is 1. The molecule has 6 nitrogen and oxygen atoms in total. The van der Waals surface area contributed by atoms with E-state index in [-0.39, 0.29) is 29.8 Å². The summed E-state index contributed by atoms with van der Waals surface area (Å²) < 4.78 is 15.2. The van der Waals surface area contributed by atoms with Gasteiger partial charge in [-0.05, 0) is 43.4 Å². The van der Waals surface area contributed by atoms with Crippen LogP contribution in [0.2, 0.25) is 0 Å². The summed E-state index contributed by atoms with van der Waals surface area (Å²) in [6.45, 7) is 2.64. The van der Waals surface area contributed by atoms with Crippen molar-refractivity contribution in [1.29, 1.82) is 0 Å². The Bertz CT molecular complexity index is 744. The van der Waals surface area contributed by atoms with Crippen molar-refractivity contribution in [2.24, 2.45) is 4.99 Å². The molecule has 154 valence electrons. The van der Waals surface area contributed by atoms with Crippen molar-refractivity contribution in [3.8, 4) is 0 Å². The zero-order valence-electron chi connectivity index (χ0n) is 16.5. The fraction of sp³-hybridized carbons (Fsp3) is 0.550. The number of nitrogens with zero attached hydrogens (tertiary/aromatic N) is 4. The van der Waals surface area contributed by atoms with Gasteiger partial charge >= 0.3 is 0 Å². The van der Waals surface area contributed by atoms with Crippen LogP contribution in [0.3, 0.4) is 0 Å². The van der Waals surface area contributed by atoms with Gasteiger partial charge in [-0.1, -0.05) is 18.6 Å². The summed E-state index contributed by atoms with van der Waals surface area (Å²) in [6.07, 6.45) is 7.51. The summed E-state index contributed by atoms with van der Waals surface area (Å²) in [4.78, 5) is 4.25. The van der Waals surface area contributed by atoms with E-state index in [4.69, 9.17) is 0 Å². The second-order valence-corrected chi connectivity index (χ2v) is 6.90. The van der Waals surface area contributed by atoms with Gasteiger partial charge in [0.15, 0.2) is 5.96 Å². The molecular weight excluding hydrogens is 470 g/mol. The predicted molar refractivity (Wildman–Crippen MR) is 121 cm³/mol. The van der Waals surface area contributed by atoms with E-state index >= 15 is 0 Å². The lowest BCUT2D eigenvalue weighted by molar-refractivity contribution is 0.594. The molecule has 0 radical (unpaired) electrons. The number of aryl methyl sites for hydroxylation is 2. The highest BCUT2D eigenvalue weighted by Gasteiger charge is 2.14. The molecule has 0 saturated heterocycles. The van der Waals surface area contributed by atoms with Crippen molar-refractivity contribution in [1.82, 2.24) is 25.4 Å². The van der Waals surface area contributed by atoms with Crippen LogP contribution in [0.4, 0.5) is 4.39 Å². The lowest BCUT2D eigenvalue weighted by atomic mass is 10.1. The molecule has 0 aliphatic carbocycles. The number of aromatic nitrogens is 3. The third kappa shape index (κ3) is 6.72. The van der Waals surface area contributed by atoms with Crippen molar-refractivity contribution in [2.75, 3.05) is 20.1 Å². The first-order chi connectivity index (χ1) is 13.3. The van der Waals surface area contributed by atoms with Gasteiger partial charge in [-0.25, -0.2) is 4.39 Å². The van der Waals surface area contributed by atoms with Crippen LogP contribution in [0.15, 0.2) is 29.3 Å². The Kier molecular flexibility index (Phi) is 9.66. The Morgan fingerprint density at radius 3 is 2.64 bits per heavy atom. The number of fused-ring (bicyclic) bond motifs is 1. The molecule has 0 unspecified atom stereocenters. The van der Waals surface area contributed by atoms with Gasteiger partial charge in [0, 0.05) is 39.5 Å². The van der Waals surface area contributed by atoms with Crippen molar-refractivity contribution < 1.29 is 4.39 Å². The van der Waals surface area contributed by atoms with Gasteiger partial charge in [0.1, 0.15) is 17.5 Å². The van der Waals surface area contributed by atoms with E-state index in [0.29, 0.717) is 0 Å². The highest BCUT2D eigenvalue weighted by molar-refractivity contribution is 14.0. The fourth-order valence-electron chi connectivity index (χ4n) is 3.38. The lowest BCUT2D eigenvalue weighted by Crippen LogP contribution is -2.38. The number of benzene rings is 1. The molecule has 0 saturated carbocycles. The number of rotatable bonds is 7. The van der Waals surface area contributed by atoms with E-state index in [1.54, 1.807) is 7.05 Å². The summed E-state index contributed by atoms with van der Waals surface area (Å²) in [7, 11) is 1.77. The molecule has 1 aliphatic rings. The van der Waals surface area contributed by atoms with Crippen LogP contribution in [-0.4, -0.2) is 40.9 Å². The predicted octanol–water partition coefficient (Wildman–Crippen LogP) is 3.10. The van der Waals surface area contributed by atoms with E-state index in [2.05, 4.69) is 30.4 Å². The first-order valence-corrected chi connectivity index (χ1v) is 9.86. The Morgan fingerprint density at radius 2 is 1.86 bits per heavy atom. The van der Waals surface area contributed by atoms with E-state index < -0.39 is 0 Å². The summed E-state index contributed by atoms with van der Waals surface area (Å²) >= 11 is 0. The molecule has 2 heterocycles. The third-order valence-corrected chi connectivity index (χ3v) is 4.90. The molecule has 1 aromatic heterocycles. The molecule has 2 aromatic rings. The maximum absolute atomic E-state index is 12.9. The highest BCUT2D eigenvalue weighted by Crippen LogP contribution is 2.15. The molecule has 1 aliphatic heterocycles. The van der Waals surface area contributed by atoms with Crippen LogP contribution in [0.1, 0.15) is 42.9 Å². The zero-order valence-corrected chi connectivity index (χ0v) is 18.8. The minimum absolute atomic E-state index is 0. The summed E-state index contributed by atoms with van der Waals surface area (Å²) in [6, 6.07) is 6.62. The number of nitrogens with one attached hydrogen (secondary N) is 2. The smallest absolute Gasteiger partial charge is 0.190 e. The second-order valence-electron chi connectivity index (χ2n) is 6.90. The summed E-state index contributed by atoms with van der Waals surface area (Å²) in [5.41, 5.74) is 1.10. The fourth-order valence-corrected chi connectivity index (χ4v) is 3.38. The average Bonchev–Trinajstić information content (AvgIpc) is 2.91. The standard InChI is InChI=1S/C20H29FN6.HI/c1-22-20(24-14-12-16-8-10-17(21)11-9-16)23-13-5-7-19-26-25-18-6-3-2-4-15-27(18)19;/h8-11H,2-7,12-15H2,1H3,(H2,22,23,24);1H.